The lowest BCUT2D eigenvalue weighted by molar-refractivity contribution is 0.866. The molecular weight excluding hydrogens is 272 g/mol. The van der Waals surface area contributed by atoms with E-state index in [9.17, 15) is 0 Å². The fourth-order valence-electron chi connectivity index (χ4n) is 2.35. The van der Waals surface area contributed by atoms with Gasteiger partial charge in [0.25, 0.3) is 0 Å². The molecule has 0 aliphatic heterocycles. The summed E-state index contributed by atoms with van der Waals surface area (Å²) >= 11 is 0. The van der Waals surface area contributed by atoms with Gasteiger partial charge in [0.05, 0.1) is 5.52 Å². The lowest BCUT2D eigenvalue weighted by Gasteiger charge is -2.07. The third-order valence-electron chi connectivity index (χ3n) is 3.68. The van der Waals surface area contributed by atoms with E-state index in [2.05, 4.69) is 70.7 Å². The molecule has 3 aromatic rings. The quantitative estimate of drug-likeness (QED) is 0.777. The molecule has 0 fully saturated rings. The topological polar surface area (TPSA) is 50.7 Å². The van der Waals surface area contributed by atoms with E-state index in [1.165, 1.54) is 11.1 Å². The molecule has 0 amide bonds. The predicted octanol–water partition coefficient (Wildman–Crippen LogP) is 3.80. The number of fused-ring (bicyclic) bond motifs is 1. The molecule has 22 heavy (non-hydrogen) atoms. The number of nitrogens with one attached hydrogen (secondary N) is 1. The Balaban J connectivity index is 1.68. The number of hydrogen-bond donors (Lipinski definition) is 1. The van der Waals surface area contributed by atoms with Crippen LogP contribution in [0.4, 0.5) is 5.95 Å². The van der Waals surface area contributed by atoms with Crippen molar-refractivity contribution < 1.29 is 0 Å². The van der Waals surface area contributed by atoms with Crippen molar-refractivity contribution in [2.75, 3.05) is 11.9 Å². The van der Waals surface area contributed by atoms with Crippen LogP contribution in [0.1, 0.15) is 30.9 Å². The van der Waals surface area contributed by atoms with Gasteiger partial charge >= 0.3 is 0 Å². The molecule has 2 aromatic carbocycles. The summed E-state index contributed by atoms with van der Waals surface area (Å²) in [6, 6.07) is 16.6. The SMILES string of the molecule is CC(C)c1ccc2nc(NCCc3ccccc3)nnc2c1. The van der Waals surface area contributed by atoms with Gasteiger partial charge in [-0.05, 0) is 35.6 Å². The summed E-state index contributed by atoms with van der Waals surface area (Å²) in [6.07, 6.45) is 0.939. The van der Waals surface area contributed by atoms with Gasteiger partial charge in [-0.2, -0.15) is 0 Å². The van der Waals surface area contributed by atoms with Crippen molar-refractivity contribution >= 4 is 17.0 Å². The monoisotopic (exact) mass is 292 g/mol. The fourth-order valence-corrected chi connectivity index (χ4v) is 2.35. The molecule has 0 unspecified atom stereocenters. The Morgan fingerprint density at radius 3 is 2.55 bits per heavy atom. The standard InChI is InChI=1S/C18H20N4/c1-13(2)15-8-9-16-17(12-15)21-22-18(20-16)19-11-10-14-6-4-3-5-7-14/h3-9,12-13H,10-11H2,1-2H3,(H,19,20,22). The Kier molecular flexibility index (Phi) is 4.28. The average molecular weight is 292 g/mol. The summed E-state index contributed by atoms with van der Waals surface area (Å²) in [7, 11) is 0. The Hall–Kier alpha value is -2.49. The largest absolute Gasteiger partial charge is 0.353 e. The van der Waals surface area contributed by atoms with Gasteiger partial charge < -0.3 is 5.32 Å². The maximum atomic E-state index is 4.52. The molecule has 0 bridgehead atoms. The number of nitrogens with zero attached hydrogens (tertiary/aromatic N) is 3. The van der Waals surface area contributed by atoms with Crippen LogP contribution >= 0.6 is 0 Å². The van der Waals surface area contributed by atoms with E-state index in [-0.39, 0.29) is 0 Å². The molecule has 1 N–H and O–H groups in total. The highest BCUT2D eigenvalue weighted by Gasteiger charge is 2.05. The maximum Gasteiger partial charge on any atom is 0.243 e. The third-order valence-corrected chi connectivity index (χ3v) is 3.68. The molecule has 1 heterocycles. The summed E-state index contributed by atoms with van der Waals surface area (Å²) in [5.41, 5.74) is 4.28. The van der Waals surface area contributed by atoms with Gasteiger partial charge in [-0.25, -0.2) is 4.98 Å². The molecule has 0 saturated heterocycles. The van der Waals surface area contributed by atoms with E-state index >= 15 is 0 Å². The van der Waals surface area contributed by atoms with Gasteiger partial charge in [-0.3, -0.25) is 0 Å². The van der Waals surface area contributed by atoms with Crippen LogP contribution in [0.2, 0.25) is 0 Å². The highest BCUT2D eigenvalue weighted by molar-refractivity contribution is 5.75. The third kappa shape index (κ3) is 3.39. The maximum absolute atomic E-state index is 4.52. The number of anilines is 1. The minimum absolute atomic E-state index is 0.481. The van der Waals surface area contributed by atoms with Crippen molar-refractivity contribution in [3.05, 3.63) is 59.7 Å². The van der Waals surface area contributed by atoms with Gasteiger partial charge in [0.15, 0.2) is 0 Å². The van der Waals surface area contributed by atoms with Crippen LogP contribution in [0.15, 0.2) is 48.5 Å². The van der Waals surface area contributed by atoms with Crippen molar-refractivity contribution in [1.82, 2.24) is 15.2 Å². The number of aromatic nitrogens is 3. The minimum Gasteiger partial charge on any atom is -0.353 e. The summed E-state index contributed by atoms with van der Waals surface area (Å²) in [6.45, 7) is 5.13. The molecule has 1 aromatic heterocycles. The van der Waals surface area contributed by atoms with Crippen LogP contribution in [0.5, 0.6) is 0 Å². The zero-order chi connectivity index (χ0) is 15.4. The Morgan fingerprint density at radius 2 is 1.77 bits per heavy atom. The van der Waals surface area contributed by atoms with Crippen molar-refractivity contribution in [1.29, 1.82) is 0 Å². The number of rotatable bonds is 5. The molecule has 0 atom stereocenters. The smallest absolute Gasteiger partial charge is 0.243 e. The zero-order valence-electron chi connectivity index (χ0n) is 13.0. The van der Waals surface area contributed by atoms with Crippen LogP contribution in [0.25, 0.3) is 11.0 Å². The van der Waals surface area contributed by atoms with Gasteiger partial charge in [0.1, 0.15) is 5.52 Å². The lowest BCUT2D eigenvalue weighted by Crippen LogP contribution is -2.09. The molecule has 3 rings (SSSR count). The van der Waals surface area contributed by atoms with Gasteiger partial charge in [0.2, 0.25) is 5.95 Å². The molecule has 0 saturated carbocycles. The van der Waals surface area contributed by atoms with E-state index in [4.69, 9.17) is 0 Å². The van der Waals surface area contributed by atoms with Crippen molar-refractivity contribution in [2.45, 2.75) is 26.2 Å². The van der Waals surface area contributed by atoms with Crippen LogP contribution in [0, 0.1) is 0 Å². The van der Waals surface area contributed by atoms with Crippen molar-refractivity contribution in [3.63, 3.8) is 0 Å². The van der Waals surface area contributed by atoms with Crippen LogP contribution < -0.4 is 5.32 Å². The lowest BCUT2D eigenvalue weighted by atomic mass is 10.0. The highest BCUT2D eigenvalue weighted by Crippen LogP contribution is 2.19. The Morgan fingerprint density at radius 1 is 0.955 bits per heavy atom. The molecule has 0 aliphatic rings. The number of hydrogen-bond acceptors (Lipinski definition) is 4. The molecule has 0 aliphatic carbocycles. The summed E-state index contributed by atoms with van der Waals surface area (Å²) in [5.74, 6) is 1.07. The first-order valence-corrected chi connectivity index (χ1v) is 7.64. The van der Waals surface area contributed by atoms with E-state index < -0.39 is 0 Å². The summed E-state index contributed by atoms with van der Waals surface area (Å²) < 4.78 is 0. The van der Waals surface area contributed by atoms with E-state index in [0.717, 1.165) is 24.0 Å². The first-order chi connectivity index (χ1) is 10.7. The van der Waals surface area contributed by atoms with Crippen molar-refractivity contribution in [2.24, 2.45) is 0 Å². The van der Waals surface area contributed by atoms with Crippen LogP contribution in [-0.2, 0) is 6.42 Å². The van der Waals surface area contributed by atoms with E-state index in [1.807, 2.05) is 12.1 Å². The summed E-state index contributed by atoms with van der Waals surface area (Å²) in [4.78, 5) is 4.52. The van der Waals surface area contributed by atoms with Crippen LogP contribution in [-0.4, -0.2) is 21.7 Å². The zero-order valence-corrected chi connectivity index (χ0v) is 13.0. The Labute approximate surface area is 130 Å². The van der Waals surface area contributed by atoms with Gasteiger partial charge in [0, 0.05) is 6.54 Å². The van der Waals surface area contributed by atoms with Crippen LogP contribution in [0.3, 0.4) is 0 Å². The molecule has 0 radical (unpaired) electrons. The first-order valence-electron chi connectivity index (χ1n) is 7.64. The van der Waals surface area contributed by atoms with Gasteiger partial charge in [-0.15, -0.1) is 10.2 Å². The molecule has 4 heteroatoms. The van der Waals surface area contributed by atoms with E-state index in [1.54, 1.807) is 0 Å². The molecular formula is C18H20N4. The minimum atomic E-state index is 0.481. The first kappa shape index (κ1) is 14.4. The van der Waals surface area contributed by atoms with Crippen molar-refractivity contribution in [3.8, 4) is 0 Å². The second kappa shape index (κ2) is 6.52. The highest BCUT2D eigenvalue weighted by atomic mass is 15.2. The number of benzene rings is 2. The summed E-state index contributed by atoms with van der Waals surface area (Å²) in [5, 5.41) is 11.7. The van der Waals surface area contributed by atoms with Gasteiger partial charge in [-0.1, -0.05) is 50.2 Å². The average Bonchev–Trinajstić information content (AvgIpc) is 2.55. The molecule has 4 nitrogen and oxygen atoms in total. The predicted molar refractivity (Wildman–Crippen MR) is 90.1 cm³/mol. The normalized spacial score (nSPS) is 11.0. The Bertz CT molecular complexity index is 753. The molecule has 112 valence electrons. The second-order valence-electron chi connectivity index (χ2n) is 5.70. The second-order valence-corrected chi connectivity index (χ2v) is 5.70. The van der Waals surface area contributed by atoms with E-state index in [0.29, 0.717) is 11.9 Å². The molecule has 0 spiro atoms. The fraction of sp³-hybridized carbons (Fsp3) is 0.278.